The molecule has 0 bridgehead atoms. The van der Waals surface area contributed by atoms with E-state index in [0.29, 0.717) is 17.9 Å². The molecule has 31 heavy (non-hydrogen) atoms. The molecule has 0 aliphatic rings. The largest absolute Gasteiger partial charge is 0.497 e. The van der Waals surface area contributed by atoms with Crippen LogP contribution in [0.1, 0.15) is 39.7 Å². The third-order valence-corrected chi connectivity index (χ3v) is 4.55. The van der Waals surface area contributed by atoms with Crippen LogP contribution in [0.2, 0.25) is 0 Å². The van der Waals surface area contributed by atoms with Crippen molar-refractivity contribution in [3.8, 4) is 11.5 Å². The fourth-order valence-corrected chi connectivity index (χ4v) is 3.10. The van der Waals surface area contributed by atoms with Gasteiger partial charge < -0.3 is 19.7 Å². The molecule has 2 aromatic carbocycles. The molecule has 7 heteroatoms. The van der Waals surface area contributed by atoms with E-state index in [1.165, 1.54) is 29.2 Å². The summed E-state index contributed by atoms with van der Waals surface area (Å²) >= 11 is 0. The summed E-state index contributed by atoms with van der Waals surface area (Å²) in [4.78, 5) is 27.6. The van der Waals surface area contributed by atoms with E-state index in [2.05, 4.69) is 5.32 Å². The maximum absolute atomic E-state index is 13.1. The minimum Gasteiger partial charge on any atom is -0.497 e. The van der Waals surface area contributed by atoms with E-state index < -0.39 is 11.6 Å². The standard InChI is InChI=1S/C24H31FN2O4/c1-6-21(23(29)26-24(2,3)4)27(15-17-8-7-9-20(14-17)30-5)22(28)16-31-19-12-10-18(25)11-13-19/h7-14,21H,6,15-16H2,1-5H3,(H,26,29). The summed E-state index contributed by atoms with van der Waals surface area (Å²) in [6.07, 6.45) is 0.439. The molecule has 0 fully saturated rings. The van der Waals surface area contributed by atoms with Crippen molar-refractivity contribution < 1.29 is 23.5 Å². The number of carbonyl (C=O) groups excluding carboxylic acids is 2. The molecule has 1 N–H and O–H groups in total. The number of hydrogen-bond donors (Lipinski definition) is 1. The minimum absolute atomic E-state index is 0.221. The Hall–Kier alpha value is -3.09. The molecule has 0 aliphatic heterocycles. The quantitative estimate of drug-likeness (QED) is 0.655. The number of nitrogens with one attached hydrogen (secondary N) is 1. The second kappa shape index (κ2) is 10.8. The van der Waals surface area contributed by atoms with Crippen LogP contribution in [0.5, 0.6) is 11.5 Å². The Morgan fingerprint density at radius 3 is 2.35 bits per heavy atom. The van der Waals surface area contributed by atoms with Gasteiger partial charge >= 0.3 is 0 Å². The van der Waals surface area contributed by atoms with Crippen LogP contribution in [0, 0.1) is 5.82 Å². The molecule has 6 nitrogen and oxygen atoms in total. The molecule has 2 amide bonds. The van der Waals surface area contributed by atoms with Gasteiger partial charge in [-0.05, 0) is 69.2 Å². The third kappa shape index (κ3) is 7.59. The van der Waals surface area contributed by atoms with Crippen molar-refractivity contribution >= 4 is 11.8 Å². The van der Waals surface area contributed by atoms with Gasteiger partial charge in [-0.1, -0.05) is 19.1 Å². The van der Waals surface area contributed by atoms with E-state index in [9.17, 15) is 14.0 Å². The molecule has 2 rings (SSSR count). The van der Waals surface area contributed by atoms with Gasteiger partial charge in [-0.3, -0.25) is 9.59 Å². The molecule has 0 aromatic heterocycles. The van der Waals surface area contributed by atoms with Crippen molar-refractivity contribution in [2.75, 3.05) is 13.7 Å². The monoisotopic (exact) mass is 430 g/mol. The van der Waals surface area contributed by atoms with Gasteiger partial charge in [-0.25, -0.2) is 4.39 Å². The molecule has 2 aromatic rings. The first-order valence-electron chi connectivity index (χ1n) is 10.3. The van der Waals surface area contributed by atoms with Crippen LogP contribution >= 0.6 is 0 Å². The van der Waals surface area contributed by atoms with Gasteiger partial charge in [0.1, 0.15) is 23.4 Å². The fraction of sp³-hybridized carbons (Fsp3) is 0.417. The zero-order valence-corrected chi connectivity index (χ0v) is 18.8. The lowest BCUT2D eigenvalue weighted by molar-refractivity contribution is -0.143. The smallest absolute Gasteiger partial charge is 0.261 e. The number of rotatable bonds is 9. The highest BCUT2D eigenvalue weighted by atomic mass is 19.1. The van der Waals surface area contributed by atoms with Crippen LogP contribution in [0.3, 0.4) is 0 Å². The molecule has 0 heterocycles. The number of nitrogens with zero attached hydrogens (tertiary/aromatic N) is 1. The van der Waals surface area contributed by atoms with Crippen LogP contribution in [0.15, 0.2) is 48.5 Å². The van der Waals surface area contributed by atoms with Gasteiger partial charge in [0, 0.05) is 12.1 Å². The molecule has 0 saturated heterocycles. The number of amides is 2. The zero-order chi connectivity index (χ0) is 23.0. The topological polar surface area (TPSA) is 67.9 Å². The lowest BCUT2D eigenvalue weighted by Gasteiger charge is -2.33. The van der Waals surface area contributed by atoms with Crippen LogP contribution in [-0.4, -0.2) is 42.0 Å². The number of ether oxygens (including phenoxy) is 2. The summed E-state index contributed by atoms with van der Waals surface area (Å²) in [6, 6.07) is 12.1. The maximum Gasteiger partial charge on any atom is 0.261 e. The number of methoxy groups -OCH3 is 1. The Balaban J connectivity index is 2.24. The van der Waals surface area contributed by atoms with Gasteiger partial charge in [0.2, 0.25) is 5.91 Å². The Bertz CT molecular complexity index is 878. The average molecular weight is 431 g/mol. The molecular formula is C24H31FN2O4. The Morgan fingerprint density at radius 1 is 1.10 bits per heavy atom. The van der Waals surface area contributed by atoms with E-state index in [1.54, 1.807) is 7.11 Å². The SMILES string of the molecule is CCC(C(=O)NC(C)(C)C)N(Cc1cccc(OC)c1)C(=O)COc1ccc(F)cc1. The van der Waals surface area contributed by atoms with Crippen molar-refractivity contribution in [2.24, 2.45) is 0 Å². The molecule has 168 valence electrons. The minimum atomic E-state index is -0.672. The van der Waals surface area contributed by atoms with E-state index in [4.69, 9.17) is 9.47 Å². The summed E-state index contributed by atoms with van der Waals surface area (Å²) in [6.45, 7) is 7.49. The molecule has 0 spiro atoms. The molecule has 0 saturated carbocycles. The molecule has 0 radical (unpaired) electrons. The Morgan fingerprint density at radius 2 is 1.77 bits per heavy atom. The van der Waals surface area contributed by atoms with E-state index in [1.807, 2.05) is 52.0 Å². The number of hydrogen-bond acceptors (Lipinski definition) is 4. The van der Waals surface area contributed by atoms with Crippen molar-refractivity contribution in [3.05, 3.63) is 59.9 Å². The van der Waals surface area contributed by atoms with Crippen molar-refractivity contribution in [1.29, 1.82) is 0 Å². The van der Waals surface area contributed by atoms with Crippen LogP contribution in [0.4, 0.5) is 4.39 Å². The predicted octanol–water partition coefficient (Wildman–Crippen LogP) is 3.94. The number of carbonyl (C=O) groups is 2. The number of benzene rings is 2. The van der Waals surface area contributed by atoms with E-state index in [0.717, 1.165) is 5.56 Å². The summed E-state index contributed by atoms with van der Waals surface area (Å²) in [7, 11) is 1.57. The van der Waals surface area contributed by atoms with Gasteiger partial charge in [0.05, 0.1) is 7.11 Å². The molecule has 0 aliphatic carbocycles. The van der Waals surface area contributed by atoms with Crippen molar-refractivity contribution in [1.82, 2.24) is 10.2 Å². The van der Waals surface area contributed by atoms with Gasteiger partial charge in [0.25, 0.3) is 5.91 Å². The number of halogens is 1. The third-order valence-electron chi connectivity index (χ3n) is 4.55. The first-order valence-corrected chi connectivity index (χ1v) is 10.3. The highest BCUT2D eigenvalue weighted by Gasteiger charge is 2.31. The average Bonchev–Trinajstić information content (AvgIpc) is 2.71. The van der Waals surface area contributed by atoms with Gasteiger partial charge in [0.15, 0.2) is 6.61 Å². The van der Waals surface area contributed by atoms with Crippen molar-refractivity contribution in [3.63, 3.8) is 0 Å². The maximum atomic E-state index is 13.1. The van der Waals surface area contributed by atoms with Crippen molar-refractivity contribution in [2.45, 2.75) is 52.2 Å². The van der Waals surface area contributed by atoms with Crippen LogP contribution in [0.25, 0.3) is 0 Å². The summed E-state index contributed by atoms with van der Waals surface area (Å²) in [5, 5.41) is 2.95. The fourth-order valence-electron chi connectivity index (χ4n) is 3.10. The van der Waals surface area contributed by atoms with Crippen LogP contribution in [-0.2, 0) is 16.1 Å². The van der Waals surface area contributed by atoms with E-state index >= 15 is 0 Å². The molecular weight excluding hydrogens is 399 g/mol. The molecule has 1 unspecified atom stereocenters. The summed E-state index contributed by atoms with van der Waals surface area (Å²) < 4.78 is 23.9. The first-order chi connectivity index (χ1) is 14.6. The first kappa shape index (κ1) is 24.2. The summed E-state index contributed by atoms with van der Waals surface area (Å²) in [5.41, 5.74) is 0.399. The zero-order valence-electron chi connectivity index (χ0n) is 18.8. The van der Waals surface area contributed by atoms with Crippen LogP contribution < -0.4 is 14.8 Å². The molecule has 1 atom stereocenters. The second-order valence-electron chi connectivity index (χ2n) is 8.28. The normalized spacial score (nSPS) is 12.1. The Labute approximate surface area is 183 Å². The van der Waals surface area contributed by atoms with Gasteiger partial charge in [-0.15, -0.1) is 0 Å². The second-order valence-corrected chi connectivity index (χ2v) is 8.28. The highest BCUT2D eigenvalue weighted by molar-refractivity contribution is 5.88. The van der Waals surface area contributed by atoms with E-state index in [-0.39, 0.29) is 30.8 Å². The Kier molecular flexibility index (Phi) is 8.42. The predicted molar refractivity (Wildman–Crippen MR) is 117 cm³/mol. The summed E-state index contributed by atoms with van der Waals surface area (Å²) in [5.74, 6) is 0.0854. The lowest BCUT2D eigenvalue weighted by atomic mass is 10.1. The highest BCUT2D eigenvalue weighted by Crippen LogP contribution is 2.19. The van der Waals surface area contributed by atoms with Gasteiger partial charge in [-0.2, -0.15) is 0 Å². The lowest BCUT2D eigenvalue weighted by Crippen LogP contribution is -2.54.